The number of carbonyl (C=O) groups excluding carboxylic acids is 3. The second-order valence-electron chi connectivity index (χ2n) is 19.5. The van der Waals surface area contributed by atoms with E-state index in [1.807, 2.05) is 0 Å². The number of esters is 3. The van der Waals surface area contributed by atoms with E-state index in [9.17, 15) is 14.4 Å². The zero-order valence-corrected chi connectivity index (χ0v) is 46.0. The Kier molecular flexibility index (Phi) is 55.3. The first-order valence-corrected chi connectivity index (χ1v) is 29.6. The lowest BCUT2D eigenvalue weighted by molar-refractivity contribution is -0.167. The summed E-state index contributed by atoms with van der Waals surface area (Å²) in [7, 11) is 0. The Hall–Kier alpha value is -3.41. The van der Waals surface area contributed by atoms with Crippen molar-refractivity contribution in [1.29, 1.82) is 0 Å². The summed E-state index contributed by atoms with van der Waals surface area (Å²) in [6.45, 7) is 6.46. The van der Waals surface area contributed by atoms with Crippen molar-refractivity contribution in [3.05, 3.63) is 85.1 Å². The maximum absolute atomic E-state index is 12.8. The number of hydrogen-bond acceptors (Lipinski definition) is 6. The second kappa shape index (κ2) is 58.2. The lowest BCUT2D eigenvalue weighted by atomic mass is 10.0. The molecular formula is C64H110O6. The van der Waals surface area contributed by atoms with Gasteiger partial charge in [-0.05, 0) is 96.3 Å². The van der Waals surface area contributed by atoms with Crippen LogP contribution in [0.3, 0.4) is 0 Å². The zero-order chi connectivity index (χ0) is 50.7. The minimum atomic E-state index is -0.795. The van der Waals surface area contributed by atoms with Crippen molar-refractivity contribution in [3.8, 4) is 0 Å². The van der Waals surface area contributed by atoms with E-state index < -0.39 is 6.10 Å². The molecule has 0 N–H and O–H groups in total. The molecule has 0 aromatic heterocycles. The molecule has 0 radical (unpaired) electrons. The largest absolute Gasteiger partial charge is 0.462 e. The van der Waals surface area contributed by atoms with Gasteiger partial charge in [0.05, 0.1) is 0 Å². The number of allylic oxidation sites excluding steroid dienone is 14. The maximum Gasteiger partial charge on any atom is 0.306 e. The molecule has 0 rings (SSSR count). The zero-order valence-electron chi connectivity index (χ0n) is 46.0. The van der Waals surface area contributed by atoms with Gasteiger partial charge in [-0.25, -0.2) is 0 Å². The van der Waals surface area contributed by atoms with Gasteiger partial charge in [0, 0.05) is 19.3 Å². The van der Waals surface area contributed by atoms with E-state index in [2.05, 4.69) is 106 Å². The highest BCUT2D eigenvalue weighted by atomic mass is 16.6. The molecule has 1 atom stereocenters. The predicted octanol–water partition coefficient (Wildman–Crippen LogP) is 19.9. The van der Waals surface area contributed by atoms with Crippen molar-refractivity contribution in [1.82, 2.24) is 0 Å². The monoisotopic (exact) mass is 975 g/mol. The number of carbonyl (C=O) groups is 3. The van der Waals surface area contributed by atoms with Crippen LogP contribution < -0.4 is 0 Å². The van der Waals surface area contributed by atoms with Crippen LogP contribution in [-0.4, -0.2) is 37.2 Å². The van der Waals surface area contributed by atoms with Crippen LogP contribution in [0.2, 0.25) is 0 Å². The van der Waals surface area contributed by atoms with Crippen LogP contribution in [0.15, 0.2) is 85.1 Å². The van der Waals surface area contributed by atoms with Crippen molar-refractivity contribution >= 4 is 17.9 Å². The van der Waals surface area contributed by atoms with Gasteiger partial charge in [-0.1, -0.05) is 254 Å². The van der Waals surface area contributed by atoms with Crippen LogP contribution in [0.5, 0.6) is 0 Å². The van der Waals surface area contributed by atoms with E-state index in [0.717, 1.165) is 89.9 Å². The Morgan fingerprint density at radius 2 is 0.557 bits per heavy atom. The first-order chi connectivity index (χ1) is 34.5. The van der Waals surface area contributed by atoms with Gasteiger partial charge in [-0.15, -0.1) is 0 Å². The van der Waals surface area contributed by atoms with E-state index in [-0.39, 0.29) is 37.5 Å². The molecule has 0 aromatic rings. The normalized spacial score (nSPS) is 12.7. The van der Waals surface area contributed by atoms with Crippen molar-refractivity contribution in [3.63, 3.8) is 0 Å². The third-order valence-electron chi connectivity index (χ3n) is 12.6. The molecule has 0 saturated carbocycles. The van der Waals surface area contributed by atoms with Crippen LogP contribution >= 0.6 is 0 Å². The molecule has 0 amide bonds. The van der Waals surface area contributed by atoms with Crippen LogP contribution in [0.1, 0.15) is 284 Å². The summed E-state index contributed by atoms with van der Waals surface area (Å²) in [5, 5.41) is 0. The Morgan fingerprint density at radius 3 is 0.900 bits per heavy atom. The Bertz CT molecular complexity index is 1350. The molecule has 0 fully saturated rings. The van der Waals surface area contributed by atoms with Gasteiger partial charge >= 0.3 is 17.9 Å². The van der Waals surface area contributed by atoms with Crippen LogP contribution in [0, 0.1) is 0 Å². The van der Waals surface area contributed by atoms with Crippen molar-refractivity contribution < 1.29 is 28.6 Å². The summed E-state index contributed by atoms with van der Waals surface area (Å²) < 4.78 is 16.8. The summed E-state index contributed by atoms with van der Waals surface area (Å²) in [4.78, 5) is 38.0. The fraction of sp³-hybridized carbons (Fsp3) is 0.734. The lowest BCUT2D eigenvalue weighted by Crippen LogP contribution is -2.30. The number of ether oxygens (including phenoxy) is 3. The fourth-order valence-corrected chi connectivity index (χ4v) is 8.21. The van der Waals surface area contributed by atoms with Crippen molar-refractivity contribution in [2.75, 3.05) is 13.2 Å². The molecule has 70 heavy (non-hydrogen) atoms. The number of unbranched alkanes of at least 4 members (excludes halogenated alkanes) is 28. The van der Waals surface area contributed by atoms with Gasteiger partial charge in [0.15, 0.2) is 6.10 Å². The quantitative estimate of drug-likeness (QED) is 0.0261. The third-order valence-corrected chi connectivity index (χ3v) is 12.6. The highest BCUT2D eigenvalue weighted by Gasteiger charge is 2.19. The molecule has 6 nitrogen and oxygen atoms in total. The molecule has 0 aliphatic rings. The molecule has 1 unspecified atom stereocenters. The average Bonchev–Trinajstić information content (AvgIpc) is 3.36. The maximum atomic E-state index is 12.8. The van der Waals surface area contributed by atoms with Gasteiger partial charge in [0.25, 0.3) is 0 Å². The van der Waals surface area contributed by atoms with Gasteiger partial charge < -0.3 is 14.2 Å². The van der Waals surface area contributed by atoms with Crippen molar-refractivity contribution in [2.24, 2.45) is 0 Å². The highest BCUT2D eigenvalue weighted by molar-refractivity contribution is 5.71. The van der Waals surface area contributed by atoms with E-state index >= 15 is 0 Å². The van der Waals surface area contributed by atoms with Crippen molar-refractivity contribution in [2.45, 2.75) is 290 Å². The Labute approximate surface area is 433 Å². The minimum Gasteiger partial charge on any atom is -0.462 e. The van der Waals surface area contributed by atoms with Gasteiger partial charge in [-0.2, -0.15) is 0 Å². The lowest BCUT2D eigenvalue weighted by Gasteiger charge is -2.18. The second-order valence-corrected chi connectivity index (χ2v) is 19.5. The molecular weight excluding hydrogens is 865 g/mol. The summed E-state index contributed by atoms with van der Waals surface area (Å²) >= 11 is 0. The summed E-state index contributed by atoms with van der Waals surface area (Å²) in [6.07, 6.45) is 76.1. The number of rotatable bonds is 53. The topological polar surface area (TPSA) is 78.9 Å². The van der Waals surface area contributed by atoms with Gasteiger partial charge in [0.2, 0.25) is 0 Å². The molecule has 0 aromatic carbocycles. The fourth-order valence-electron chi connectivity index (χ4n) is 8.21. The van der Waals surface area contributed by atoms with E-state index in [0.29, 0.717) is 19.3 Å². The Morgan fingerprint density at radius 1 is 0.300 bits per heavy atom. The SMILES string of the molecule is CC/C=C\C/C=C\C/C=C\C/C=C\CCCCC(=O)OC(COC(=O)CCCCCCCCCC)COC(=O)CCCCCCCCCCCCCCCC/C=C\C/C=C\C/C=C\CCCCCCC. The number of hydrogen-bond donors (Lipinski definition) is 0. The predicted molar refractivity (Wildman–Crippen MR) is 302 cm³/mol. The first kappa shape index (κ1) is 66.6. The molecule has 0 bridgehead atoms. The Balaban J connectivity index is 4.15. The van der Waals surface area contributed by atoms with Gasteiger partial charge in [-0.3, -0.25) is 14.4 Å². The molecule has 0 saturated heterocycles. The summed E-state index contributed by atoms with van der Waals surface area (Å²) in [5.41, 5.74) is 0. The average molecular weight is 976 g/mol. The molecule has 6 heteroatoms. The minimum absolute atomic E-state index is 0.0916. The molecule has 0 aliphatic heterocycles. The standard InChI is InChI=1S/C64H110O6/c1-4-7-10-13-16-19-21-23-25-26-27-28-29-30-31-32-33-34-35-36-37-38-40-41-43-45-48-51-54-57-63(66)69-60-61(59-68-62(65)56-53-50-47-18-15-12-9-6-3)70-64(67)58-55-52-49-46-44-42-39-24-22-20-17-14-11-8-5-2/h8,11,17,20-21,23-24,26-27,29-30,39,44,46,61H,4-7,9-10,12-16,18-19,22,25,28,31-38,40-43,45,47-60H2,1-3H3/b11-8-,20-17-,23-21-,27-26-,30-29-,39-24-,46-44-. The molecule has 402 valence electrons. The first-order valence-electron chi connectivity index (χ1n) is 29.6. The van der Waals surface area contributed by atoms with Gasteiger partial charge in [0.1, 0.15) is 13.2 Å². The van der Waals surface area contributed by atoms with E-state index in [4.69, 9.17) is 14.2 Å². The van der Waals surface area contributed by atoms with Crippen LogP contribution in [0.4, 0.5) is 0 Å². The molecule has 0 spiro atoms. The van der Waals surface area contributed by atoms with E-state index in [1.54, 1.807) is 0 Å². The van der Waals surface area contributed by atoms with Crippen LogP contribution in [-0.2, 0) is 28.6 Å². The highest BCUT2D eigenvalue weighted by Crippen LogP contribution is 2.16. The summed E-state index contributed by atoms with van der Waals surface area (Å²) in [6, 6.07) is 0. The molecule has 0 aliphatic carbocycles. The smallest absolute Gasteiger partial charge is 0.306 e. The summed E-state index contributed by atoms with van der Waals surface area (Å²) in [5.74, 6) is -0.934. The van der Waals surface area contributed by atoms with Crippen LogP contribution in [0.25, 0.3) is 0 Å². The molecule has 0 heterocycles. The third kappa shape index (κ3) is 55.5. The van der Waals surface area contributed by atoms with E-state index in [1.165, 1.54) is 148 Å².